The lowest BCUT2D eigenvalue weighted by Crippen LogP contribution is -2.21. The van der Waals surface area contributed by atoms with E-state index in [1.165, 1.54) is 11.8 Å². The average molecular weight is 385 g/mol. The molecular weight excluding hydrogens is 372 g/mol. The van der Waals surface area contributed by atoms with Crippen molar-refractivity contribution in [3.05, 3.63) is 40.6 Å². The van der Waals surface area contributed by atoms with Gasteiger partial charge < -0.3 is 14.6 Å². The monoisotopic (exact) mass is 384 g/mol. The summed E-state index contributed by atoms with van der Waals surface area (Å²) in [7, 11) is 0. The average Bonchev–Trinajstić information content (AvgIpc) is 2.89. The number of rotatable bonds is 6. The van der Waals surface area contributed by atoms with E-state index in [9.17, 15) is 9.59 Å². The molecule has 2 aromatic rings. The first-order chi connectivity index (χ1) is 10.5. The van der Waals surface area contributed by atoms with Crippen LogP contribution in [0.15, 0.2) is 44.2 Å². The van der Waals surface area contributed by atoms with E-state index < -0.39 is 11.9 Å². The maximum atomic E-state index is 11.6. The van der Waals surface area contributed by atoms with Gasteiger partial charge in [0.15, 0.2) is 12.4 Å². The quantitative estimate of drug-likeness (QED) is 0.608. The Balaban J connectivity index is 1.68. The van der Waals surface area contributed by atoms with Crippen molar-refractivity contribution in [1.82, 2.24) is 5.16 Å². The van der Waals surface area contributed by atoms with Gasteiger partial charge in [-0.2, -0.15) is 0 Å². The predicted molar refractivity (Wildman–Crippen MR) is 85.7 cm³/mol. The van der Waals surface area contributed by atoms with E-state index in [1.807, 2.05) is 24.3 Å². The van der Waals surface area contributed by atoms with Crippen LogP contribution in [0.3, 0.4) is 0 Å². The van der Waals surface area contributed by atoms with Gasteiger partial charge >= 0.3 is 5.97 Å². The molecular formula is C14H13BrN2O4S. The molecule has 0 bridgehead atoms. The van der Waals surface area contributed by atoms with Gasteiger partial charge in [-0.05, 0) is 31.2 Å². The number of thioether (sulfide) groups is 1. The maximum Gasteiger partial charge on any atom is 0.316 e. The number of hydrogen-bond acceptors (Lipinski definition) is 6. The van der Waals surface area contributed by atoms with Crippen molar-refractivity contribution in [3.63, 3.8) is 0 Å². The van der Waals surface area contributed by atoms with Crippen LogP contribution in [0.5, 0.6) is 0 Å². The highest BCUT2D eigenvalue weighted by molar-refractivity contribution is 9.10. The minimum absolute atomic E-state index is 0.137. The summed E-state index contributed by atoms with van der Waals surface area (Å²) in [6.45, 7) is 1.35. The van der Waals surface area contributed by atoms with Gasteiger partial charge in [0.2, 0.25) is 0 Å². The zero-order chi connectivity index (χ0) is 15.9. The third-order valence-corrected chi connectivity index (χ3v) is 3.94. The molecule has 8 heteroatoms. The highest BCUT2D eigenvalue weighted by Crippen LogP contribution is 2.20. The van der Waals surface area contributed by atoms with Gasteiger partial charge in [0.05, 0.1) is 5.75 Å². The largest absolute Gasteiger partial charge is 0.455 e. The van der Waals surface area contributed by atoms with E-state index >= 15 is 0 Å². The second-order valence-electron chi connectivity index (χ2n) is 4.27. The SMILES string of the molecule is Cc1cc(NC(=O)COC(=O)CSc2ccc(Br)cc2)no1. The summed E-state index contributed by atoms with van der Waals surface area (Å²) in [6.07, 6.45) is 0. The number of hydrogen-bond donors (Lipinski definition) is 1. The van der Waals surface area contributed by atoms with E-state index in [0.29, 0.717) is 11.6 Å². The number of anilines is 1. The molecule has 2 rings (SSSR count). The highest BCUT2D eigenvalue weighted by Gasteiger charge is 2.10. The van der Waals surface area contributed by atoms with Crippen LogP contribution in [0.25, 0.3) is 0 Å². The Morgan fingerprint density at radius 2 is 2.09 bits per heavy atom. The van der Waals surface area contributed by atoms with Crippen molar-refractivity contribution >= 4 is 45.4 Å². The molecule has 0 saturated carbocycles. The second kappa shape index (κ2) is 8.00. The lowest BCUT2D eigenvalue weighted by Gasteiger charge is -2.04. The fourth-order valence-electron chi connectivity index (χ4n) is 1.47. The molecule has 0 spiro atoms. The standard InChI is InChI=1S/C14H13BrN2O4S/c1-9-6-12(17-21-9)16-13(18)7-20-14(19)8-22-11-4-2-10(15)3-5-11/h2-6H,7-8H2,1H3,(H,16,17,18). The van der Waals surface area contributed by atoms with Crippen molar-refractivity contribution in [2.75, 3.05) is 17.7 Å². The van der Waals surface area contributed by atoms with Gasteiger partial charge in [0, 0.05) is 15.4 Å². The van der Waals surface area contributed by atoms with Gasteiger partial charge in [0.25, 0.3) is 5.91 Å². The molecule has 1 heterocycles. The number of halogens is 1. The third kappa shape index (κ3) is 5.53. The Bertz CT molecular complexity index is 657. The van der Waals surface area contributed by atoms with Crippen LogP contribution in [0.4, 0.5) is 5.82 Å². The Morgan fingerprint density at radius 3 is 2.73 bits per heavy atom. The summed E-state index contributed by atoms with van der Waals surface area (Å²) in [5.41, 5.74) is 0. The zero-order valence-corrected chi connectivity index (χ0v) is 14.1. The number of ether oxygens (including phenoxy) is 1. The van der Waals surface area contributed by atoms with E-state index in [0.717, 1.165) is 9.37 Å². The lowest BCUT2D eigenvalue weighted by molar-refractivity contribution is -0.144. The fraction of sp³-hybridized carbons (Fsp3) is 0.214. The fourth-order valence-corrected chi connectivity index (χ4v) is 2.43. The van der Waals surface area contributed by atoms with Crippen LogP contribution in [-0.2, 0) is 14.3 Å². The maximum absolute atomic E-state index is 11.6. The summed E-state index contributed by atoms with van der Waals surface area (Å²) < 4.78 is 10.7. The Labute approximate surface area is 139 Å². The molecule has 0 unspecified atom stereocenters. The van der Waals surface area contributed by atoms with Gasteiger partial charge in [-0.1, -0.05) is 21.1 Å². The van der Waals surface area contributed by atoms with Crippen molar-refractivity contribution in [3.8, 4) is 0 Å². The minimum Gasteiger partial charge on any atom is -0.455 e. The van der Waals surface area contributed by atoms with E-state index in [-0.39, 0.29) is 12.4 Å². The van der Waals surface area contributed by atoms with Crippen LogP contribution < -0.4 is 5.32 Å². The van der Waals surface area contributed by atoms with Crippen LogP contribution in [0.2, 0.25) is 0 Å². The molecule has 1 aromatic heterocycles. The van der Waals surface area contributed by atoms with Gasteiger partial charge in [-0.25, -0.2) is 0 Å². The smallest absolute Gasteiger partial charge is 0.316 e. The number of aryl methyl sites for hydroxylation is 1. The summed E-state index contributed by atoms with van der Waals surface area (Å²) in [5.74, 6) is 0.0912. The minimum atomic E-state index is -0.463. The third-order valence-electron chi connectivity index (χ3n) is 2.43. The number of amides is 1. The number of nitrogens with zero attached hydrogens (tertiary/aromatic N) is 1. The Kier molecular flexibility index (Phi) is 6.02. The van der Waals surface area contributed by atoms with Gasteiger partial charge in [-0.3, -0.25) is 9.59 Å². The van der Waals surface area contributed by atoms with Gasteiger partial charge in [-0.15, -0.1) is 11.8 Å². The molecule has 0 aliphatic heterocycles. The number of benzene rings is 1. The topological polar surface area (TPSA) is 81.4 Å². The highest BCUT2D eigenvalue weighted by atomic mass is 79.9. The molecule has 6 nitrogen and oxygen atoms in total. The first-order valence-corrected chi connectivity index (χ1v) is 8.08. The van der Waals surface area contributed by atoms with Crippen molar-refractivity contribution in [2.45, 2.75) is 11.8 Å². The molecule has 116 valence electrons. The molecule has 22 heavy (non-hydrogen) atoms. The van der Waals surface area contributed by atoms with Crippen molar-refractivity contribution in [1.29, 1.82) is 0 Å². The lowest BCUT2D eigenvalue weighted by atomic mass is 10.4. The Morgan fingerprint density at radius 1 is 1.36 bits per heavy atom. The number of carbonyl (C=O) groups is 2. The molecule has 1 aromatic carbocycles. The van der Waals surface area contributed by atoms with Gasteiger partial charge in [0.1, 0.15) is 5.76 Å². The molecule has 0 aliphatic rings. The molecule has 1 amide bonds. The molecule has 0 aliphatic carbocycles. The summed E-state index contributed by atoms with van der Waals surface area (Å²) in [6, 6.07) is 9.13. The van der Waals surface area contributed by atoms with E-state index in [4.69, 9.17) is 9.26 Å². The first-order valence-electron chi connectivity index (χ1n) is 6.30. The normalized spacial score (nSPS) is 10.3. The van der Waals surface area contributed by atoms with E-state index in [1.54, 1.807) is 13.0 Å². The first kappa shape index (κ1) is 16.6. The predicted octanol–water partition coefficient (Wildman–Crippen LogP) is 3.02. The molecule has 0 atom stereocenters. The molecule has 0 fully saturated rings. The van der Waals surface area contributed by atoms with Crippen LogP contribution in [-0.4, -0.2) is 29.4 Å². The number of carbonyl (C=O) groups excluding carboxylic acids is 2. The van der Waals surface area contributed by atoms with E-state index in [2.05, 4.69) is 26.4 Å². The molecule has 0 saturated heterocycles. The number of nitrogens with one attached hydrogen (secondary N) is 1. The summed E-state index contributed by atoms with van der Waals surface area (Å²) >= 11 is 4.68. The summed E-state index contributed by atoms with van der Waals surface area (Å²) in [4.78, 5) is 24.1. The van der Waals surface area contributed by atoms with Crippen LogP contribution in [0.1, 0.15) is 5.76 Å². The number of esters is 1. The molecule has 0 radical (unpaired) electrons. The number of aromatic nitrogens is 1. The van der Waals surface area contributed by atoms with Crippen molar-refractivity contribution < 1.29 is 18.8 Å². The second-order valence-corrected chi connectivity index (χ2v) is 6.24. The molecule has 1 N–H and O–H groups in total. The van der Waals surface area contributed by atoms with Crippen molar-refractivity contribution in [2.24, 2.45) is 0 Å². The van der Waals surface area contributed by atoms with Crippen LogP contribution in [0, 0.1) is 6.92 Å². The summed E-state index contributed by atoms with van der Waals surface area (Å²) in [5, 5.41) is 6.08. The van der Waals surface area contributed by atoms with Crippen LogP contribution >= 0.6 is 27.7 Å². The Hall–Kier alpha value is -1.80. The zero-order valence-electron chi connectivity index (χ0n) is 11.7.